The van der Waals surface area contributed by atoms with Gasteiger partial charge < -0.3 is 15.2 Å². The van der Waals surface area contributed by atoms with E-state index >= 15 is 0 Å². The van der Waals surface area contributed by atoms with Crippen LogP contribution < -0.4 is 10.6 Å². The molecule has 0 aliphatic carbocycles. The van der Waals surface area contributed by atoms with Crippen molar-refractivity contribution < 1.29 is 4.79 Å². The van der Waals surface area contributed by atoms with E-state index in [1.807, 2.05) is 24.6 Å². The van der Waals surface area contributed by atoms with Crippen molar-refractivity contribution in [3.63, 3.8) is 0 Å². The first kappa shape index (κ1) is 12.1. The highest BCUT2D eigenvalue weighted by Gasteiger charge is 2.24. The van der Waals surface area contributed by atoms with Gasteiger partial charge in [-0.05, 0) is 26.8 Å². The monoisotopic (exact) mass is 236 g/mol. The number of hydrogen-bond donors (Lipinski definition) is 2. The maximum absolute atomic E-state index is 11.8. The fourth-order valence-corrected chi connectivity index (χ4v) is 2.31. The minimum atomic E-state index is -0.187. The smallest absolute Gasteiger partial charge is 0.242 e. The minimum absolute atomic E-state index is 0.0534. The molecule has 5 heteroatoms. The Morgan fingerprint density at radius 2 is 2.59 bits per heavy atom. The summed E-state index contributed by atoms with van der Waals surface area (Å²) in [4.78, 5) is 16.0. The Labute approximate surface area is 102 Å². The zero-order valence-corrected chi connectivity index (χ0v) is 10.4. The zero-order chi connectivity index (χ0) is 12.3. The first-order valence-electron chi connectivity index (χ1n) is 6.24. The molecule has 0 aromatic carbocycles. The number of carbonyl (C=O) groups excluding carboxylic acids is 1. The van der Waals surface area contributed by atoms with Crippen molar-refractivity contribution in [2.45, 2.75) is 32.2 Å². The second-order valence-corrected chi connectivity index (χ2v) is 4.49. The van der Waals surface area contributed by atoms with Gasteiger partial charge in [-0.1, -0.05) is 0 Å². The Bertz CT molecular complexity index is 382. The number of likely N-dealkylation sites (N-methyl/N-ethyl adjacent to an activating group) is 1. The summed E-state index contributed by atoms with van der Waals surface area (Å²) < 4.78 is 1.99. The Hall–Kier alpha value is -1.36. The lowest BCUT2D eigenvalue weighted by atomic mass is 10.1. The summed E-state index contributed by atoms with van der Waals surface area (Å²) in [5.74, 6) is 0.534. The van der Waals surface area contributed by atoms with Gasteiger partial charge in [-0.15, -0.1) is 0 Å². The SMILES string of the molecule is CCNC(=O)C(C)n1cncc1C1CCNC1. The van der Waals surface area contributed by atoms with E-state index in [1.54, 1.807) is 6.33 Å². The molecular weight excluding hydrogens is 216 g/mol. The maximum Gasteiger partial charge on any atom is 0.242 e. The summed E-state index contributed by atoms with van der Waals surface area (Å²) in [6, 6.07) is -0.187. The molecule has 1 aromatic heterocycles. The van der Waals surface area contributed by atoms with Crippen LogP contribution in [0.25, 0.3) is 0 Å². The van der Waals surface area contributed by atoms with E-state index in [4.69, 9.17) is 0 Å². The molecule has 2 N–H and O–H groups in total. The number of imidazole rings is 1. The number of carbonyl (C=O) groups is 1. The van der Waals surface area contributed by atoms with Crippen molar-refractivity contribution in [1.82, 2.24) is 20.2 Å². The Balaban J connectivity index is 2.15. The van der Waals surface area contributed by atoms with Gasteiger partial charge in [-0.2, -0.15) is 0 Å². The van der Waals surface area contributed by atoms with Crippen molar-refractivity contribution in [2.75, 3.05) is 19.6 Å². The number of hydrogen-bond acceptors (Lipinski definition) is 3. The molecule has 1 aromatic rings. The van der Waals surface area contributed by atoms with Crippen LogP contribution in [0.3, 0.4) is 0 Å². The summed E-state index contributed by atoms with van der Waals surface area (Å²) in [5.41, 5.74) is 1.16. The molecular formula is C12H20N4O. The van der Waals surface area contributed by atoms with Gasteiger partial charge in [0, 0.05) is 30.9 Å². The number of nitrogens with one attached hydrogen (secondary N) is 2. The van der Waals surface area contributed by atoms with E-state index < -0.39 is 0 Å². The Kier molecular flexibility index (Phi) is 3.78. The van der Waals surface area contributed by atoms with Crippen LogP contribution in [0.1, 0.15) is 37.9 Å². The summed E-state index contributed by atoms with van der Waals surface area (Å²) in [6.45, 7) is 6.54. The molecule has 0 saturated carbocycles. The lowest BCUT2D eigenvalue weighted by Crippen LogP contribution is -2.31. The van der Waals surface area contributed by atoms with Crippen LogP contribution in [-0.2, 0) is 4.79 Å². The first-order valence-corrected chi connectivity index (χ1v) is 6.24. The van der Waals surface area contributed by atoms with Crippen LogP contribution in [0.15, 0.2) is 12.5 Å². The molecule has 2 atom stereocenters. The lowest BCUT2D eigenvalue weighted by Gasteiger charge is -2.18. The van der Waals surface area contributed by atoms with Crippen LogP contribution in [0.4, 0.5) is 0 Å². The summed E-state index contributed by atoms with van der Waals surface area (Å²) >= 11 is 0. The van der Waals surface area contributed by atoms with Crippen LogP contribution in [0, 0.1) is 0 Å². The average molecular weight is 236 g/mol. The average Bonchev–Trinajstić information content (AvgIpc) is 2.98. The van der Waals surface area contributed by atoms with Gasteiger partial charge in [-0.3, -0.25) is 4.79 Å². The van der Waals surface area contributed by atoms with Crippen LogP contribution in [0.2, 0.25) is 0 Å². The quantitative estimate of drug-likeness (QED) is 0.807. The van der Waals surface area contributed by atoms with Gasteiger partial charge >= 0.3 is 0 Å². The highest BCUT2D eigenvalue weighted by atomic mass is 16.2. The van der Waals surface area contributed by atoms with E-state index in [-0.39, 0.29) is 11.9 Å². The zero-order valence-electron chi connectivity index (χ0n) is 10.4. The van der Waals surface area contributed by atoms with E-state index in [0.29, 0.717) is 12.5 Å². The predicted octanol–water partition coefficient (Wildman–Crippen LogP) is 0.657. The van der Waals surface area contributed by atoms with E-state index in [1.165, 1.54) is 0 Å². The molecule has 94 valence electrons. The van der Waals surface area contributed by atoms with Crippen molar-refractivity contribution in [3.8, 4) is 0 Å². The van der Waals surface area contributed by atoms with Crippen molar-refractivity contribution in [1.29, 1.82) is 0 Å². The third-order valence-corrected chi connectivity index (χ3v) is 3.32. The fourth-order valence-electron chi connectivity index (χ4n) is 2.31. The van der Waals surface area contributed by atoms with Gasteiger partial charge in [0.25, 0.3) is 0 Å². The molecule has 2 heterocycles. The second kappa shape index (κ2) is 5.31. The topological polar surface area (TPSA) is 59.0 Å². The molecule has 1 aliphatic heterocycles. The maximum atomic E-state index is 11.8. The number of aromatic nitrogens is 2. The highest BCUT2D eigenvalue weighted by Crippen LogP contribution is 2.24. The van der Waals surface area contributed by atoms with Crippen molar-refractivity contribution in [3.05, 3.63) is 18.2 Å². The van der Waals surface area contributed by atoms with Gasteiger partial charge in [0.1, 0.15) is 6.04 Å². The van der Waals surface area contributed by atoms with Crippen LogP contribution >= 0.6 is 0 Å². The fraction of sp³-hybridized carbons (Fsp3) is 0.667. The van der Waals surface area contributed by atoms with Gasteiger partial charge in [0.05, 0.1) is 6.33 Å². The van der Waals surface area contributed by atoms with E-state index in [0.717, 1.165) is 25.2 Å². The van der Waals surface area contributed by atoms with E-state index in [9.17, 15) is 4.79 Å². The molecule has 1 fully saturated rings. The molecule has 0 radical (unpaired) electrons. The molecule has 1 saturated heterocycles. The van der Waals surface area contributed by atoms with Crippen molar-refractivity contribution in [2.24, 2.45) is 0 Å². The normalized spacial score (nSPS) is 21.4. The third kappa shape index (κ3) is 2.49. The molecule has 0 spiro atoms. The Morgan fingerprint density at radius 1 is 1.76 bits per heavy atom. The first-order chi connectivity index (χ1) is 8.24. The molecule has 2 unspecified atom stereocenters. The standard InChI is InChI=1S/C12H20N4O/c1-3-15-12(17)9(2)16-8-14-7-11(16)10-4-5-13-6-10/h7-10,13H,3-6H2,1-2H3,(H,15,17). The number of nitrogens with zero attached hydrogens (tertiary/aromatic N) is 2. The molecule has 1 aliphatic rings. The van der Waals surface area contributed by atoms with Gasteiger partial charge in [-0.25, -0.2) is 4.98 Å². The molecule has 17 heavy (non-hydrogen) atoms. The largest absolute Gasteiger partial charge is 0.355 e. The number of rotatable bonds is 4. The lowest BCUT2D eigenvalue weighted by molar-refractivity contribution is -0.123. The van der Waals surface area contributed by atoms with Crippen LogP contribution in [0.5, 0.6) is 0 Å². The van der Waals surface area contributed by atoms with Crippen LogP contribution in [-0.4, -0.2) is 35.1 Å². The Morgan fingerprint density at radius 3 is 3.24 bits per heavy atom. The highest BCUT2D eigenvalue weighted by molar-refractivity contribution is 5.79. The second-order valence-electron chi connectivity index (χ2n) is 4.49. The van der Waals surface area contributed by atoms with Crippen molar-refractivity contribution >= 4 is 5.91 Å². The third-order valence-electron chi connectivity index (χ3n) is 3.32. The van der Waals surface area contributed by atoms with Gasteiger partial charge in [0.15, 0.2) is 0 Å². The molecule has 1 amide bonds. The molecule has 5 nitrogen and oxygen atoms in total. The van der Waals surface area contributed by atoms with E-state index in [2.05, 4.69) is 15.6 Å². The van der Waals surface area contributed by atoms with Gasteiger partial charge in [0.2, 0.25) is 5.91 Å². The minimum Gasteiger partial charge on any atom is -0.355 e. The predicted molar refractivity (Wildman–Crippen MR) is 65.8 cm³/mol. The summed E-state index contributed by atoms with van der Waals surface area (Å²) in [5, 5.41) is 6.19. The molecule has 2 rings (SSSR count). The molecule has 0 bridgehead atoms. The summed E-state index contributed by atoms with van der Waals surface area (Å²) in [7, 11) is 0. The number of amides is 1. The summed E-state index contributed by atoms with van der Waals surface area (Å²) in [6.07, 6.45) is 4.76.